The maximum atomic E-state index is 5.31. The van der Waals surface area contributed by atoms with Gasteiger partial charge in [0, 0.05) is 13.2 Å². The predicted molar refractivity (Wildman–Crippen MR) is 55.9 cm³/mol. The Labute approximate surface area is 82.0 Å². The average molecular weight is 185 g/mol. The summed E-state index contributed by atoms with van der Waals surface area (Å²) in [5.41, 5.74) is 0. The van der Waals surface area contributed by atoms with Gasteiger partial charge in [0.05, 0.1) is 6.10 Å². The predicted octanol–water partition coefficient (Wildman–Crippen LogP) is 2.19. The van der Waals surface area contributed by atoms with Crippen molar-refractivity contribution in [2.24, 2.45) is 5.92 Å². The Morgan fingerprint density at radius 3 is 2.54 bits per heavy atom. The lowest BCUT2D eigenvalue weighted by molar-refractivity contribution is 0.0819. The van der Waals surface area contributed by atoms with Crippen LogP contribution in [0.5, 0.6) is 0 Å². The minimum Gasteiger partial charge on any atom is -0.382 e. The Morgan fingerprint density at radius 2 is 2.15 bits per heavy atom. The molecule has 1 aliphatic rings. The van der Waals surface area contributed by atoms with Crippen LogP contribution in [0.4, 0.5) is 0 Å². The van der Waals surface area contributed by atoms with Crippen LogP contribution in [0.1, 0.15) is 39.5 Å². The van der Waals surface area contributed by atoms with Crippen molar-refractivity contribution in [1.82, 2.24) is 5.32 Å². The van der Waals surface area contributed by atoms with Gasteiger partial charge in [-0.15, -0.1) is 0 Å². The fourth-order valence-corrected chi connectivity index (χ4v) is 2.00. The highest BCUT2D eigenvalue weighted by atomic mass is 16.5. The van der Waals surface area contributed by atoms with E-state index in [0.717, 1.165) is 18.9 Å². The second kappa shape index (κ2) is 5.61. The van der Waals surface area contributed by atoms with E-state index >= 15 is 0 Å². The molecule has 13 heavy (non-hydrogen) atoms. The molecule has 0 aliphatic heterocycles. The number of hydrogen-bond donors (Lipinski definition) is 1. The van der Waals surface area contributed by atoms with E-state index < -0.39 is 0 Å². The molecule has 1 aliphatic carbocycles. The summed E-state index contributed by atoms with van der Waals surface area (Å²) in [6.07, 6.45) is 5.80. The molecule has 1 fully saturated rings. The molecule has 1 rings (SSSR count). The lowest BCUT2D eigenvalue weighted by Gasteiger charge is -2.35. The topological polar surface area (TPSA) is 21.3 Å². The molecule has 2 heteroatoms. The Balaban J connectivity index is 2.28. The summed E-state index contributed by atoms with van der Waals surface area (Å²) in [7, 11) is 1.80. The van der Waals surface area contributed by atoms with E-state index in [0.29, 0.717) is 12.1 Å². The van der Waals surface area contributed by atoms with Crippen LogP contribution in [-0.4, -0.2) is 25.8 Å². The smallest absolute Gasteiger partial charge is 0.0558 e. The molecule has 0 spiro atoms. The van der Waals surface area contributed by atoms with Crippen LogP contribution in [0.2, 0.25) is 0 Å². The average Bonchev–Trinajstić information content (AvgIpc) is 2.01. The number of ether oxygens (including phenoxy) is 1. The van der Waals surface area contributed by atoms with Gasteiger partial charge < -0.3 is 10.1 Å². The number of rotatable bonds is 6. The number of methoxy groups -OCH3 is 1. The third-order valence-electron chi connectivity index (χ3n) is 3.17. The van der Waals surface area contributed by atoms with Crippen molar-refractivity contribution in [3.8, 4) is 0 Å². The first-order chi connectivity index (χ1) is 6.27. The van der Waals surface area contributed by atoms with Gasteiger partial charge in [-0.05, 0) is 38.6 Å². The van der Waals surface area contributed by atoms with E-state index in [1.54, 1.807) is 7.11 Å². The molecule has 0 aromatic carbocycles. The summed E-state index contributed by atoms with van der Waals surface area (Å²) in [6.45, 7) is 5.42. The van der Waals surface area contributed by atoms with Gasteiger partial charge in [0.1, 0.15) is 0 Å². The molecule has 0 aromatic heterocycles. The van der Waals surface area contributed by atoms with E-state index in [1.807, 2.05) is 0 Å². The van der Waals surface area contributed by atoms with Crippen molar-refractivity contribution < 1.29 is 4.74 Å². The molecular formula is C11H23NO. The summed E-state index contributed by atoms with van der Waals surface area (Å²) in [4.78, 5) is 0. The maximum absolute atomic E-state index is 5.31. The molecule has 0 bridgehead atoms. The zero-order valence-corrected chi connectivity index (χ0v) is 9.18. The Morgan fingerprint density at radius 1 is 1.46 bits per heavy atom. The molecule has 0 radical (unpaired) electrons. The van der Waals surface area contributed by atoms with Crippen LogP contribution in [0.3, 0.4) is 0 Å². The van der Waals surface area contributed by atoms with Crippen molar-refractivity contribution in [1.29, 1.82) is 0 Å². The minimum absolute atomic E-state index is 0.393. The highest BCUT2D eigenvalue weighted by Gasteiger charge is 2.27. The van der Waals surface area contributed by atoms with E-state index in [2.05, 4.69) is 19.2 Å². The summed E-state index contributed by atoms with van der Waals surface area (Å²) < 4.78 is 5.31. The molecule has 78 valence electrons. The first kappa shape index (κ1) is 11.0. The maximum Gasteiger partial charge on any atom is 0.0558 e. The molecule has 1 saturated carbocycles. The normalized spacial score (nSPS) is 22.4. The first-order valence-electron chi connectivity index (χ1n) is 5.54. The van der Waals surface area contributed by atoms with Gasteiger partial charge in [-0.3, -0.25) is 0 Å². The molecule has 2 nitrogen and oxygen atoms in total. The molecule has 0 amide bonds. The summed E-state index contributed by atoms with van der Waals surface area (Å²) in [6, 6.07) is 0.689. The fourth-order valence-electron chi connectivity index (χ4n) is 2.00. The molecule has 0 heterocycles. The second-order valence-electron chi connectivity index (χ2n) is 4.14. The Hall–Kier alpha value is -0.0800. The van der Waals surface area contributed by atoms with Gasteiger partial charge in [-0.2, -0.15) is 0 Å². The second-order valence-corrected chi connectivity index (χ2v) is 4.14. The lowest BCUT2D eigenvalue weighted by atomic mass is 9.78. The van der Waals surface area contributed by atoms with Crippen LogP contribution in [-0.2, 0) is 4.74 Å². The van der Waals surface area contributed by atoms with Gasteiger partial charge >= 0.3 is 0 Å². The van der Waals surface area contributed by atoms with Gasteiger partial charge in [0.2, 0.25) is 0 Å². The van der Waals surface area contributed by atoms with Crippen molar-refractivity contribution in [3.63, 3.8) is 0 Å². The van der Waals surface area contributed by atoms with E-state index in [4.69, 9.17) is 4.74 Å². The zero-order chi connectivity index (χ0) is 9.68. The first-order valence-corrected chi connectivity index (χ1v) is 5.54. The van der Waals surface area contributed by atoms with Gasteiger partial charge in [-0.1, -0.05) is 13.3 Å². The molecule has 1 N–H and O–H groups in total. The third kappa shape index (κ3) is 3.28. The van der Waals surface area contributed by atoms with Gasteiger partial charge in [-0.25, -0.2) is 0 Å². The highest BCUT2D eigenvalue weighted by Crippen LogP contribution is 2.31. The summed E-state index contributed by atoms with van der Waals surface area (Å²) in [5.74, 6) is 0.914. The van der Waals surface area contributed by atoms with Crippen LogP contribution < -0.4 is 5.32 Å². The van der Waals surface area contributed by atoms with Crippen LogP contribution in [0.15, 0.2) is 0 Å². The highest BCUT2D eigenvalue weighted by molar-refractivity contribution is 4.83. The number of nitrogens with one attached hydrogen (secondary N) is 1. The Kier molecular flexibility index (Phi) is 4.74. The van der Waals surface area contributed by atoms with E-state index in [1.165, 1.54) is 19.3 Å². The molecule has 0 aromatic rings. The Bertz CT molecular complexity index is 134. The zero-order valence-electron chi connectivity index (χ0n) is 9.18. The van der Waals surface area contributed by atoms with Gasteiger partial charge in [0.15, 0.2) is 0 Å². The largest absolute Gasteiger partial charge is 0.382 e. The van der Waals surface area contributed by atoms with Crippen LogP contribution in [0.25, 0.3) is 0 Å². The van der Waals surface area contributed by atoms with E-state index in [-0.39, 0.29) is 0 Å². The SMILES string of the molecule is CCNC(CC(C)OC)C1CCC1. The lowest BCUT2D eigenvalue weighted by Crippen LogP contribution is -2.41. The third-order valence-corrected chi connectivity index (χ3v) is 3.17. The van der Waals surface area contributed by atoms with Crippen LogP contribution in [0, 0.1) is 5.92 Å². The quantitative estimate of drug-likeness (QED) is 0.685. The monoisotopic (exact) mass is 185 g/mol. The molecule has 2 unspecified atom stereocenters. The number of hydrogen-bond acceptors (Lipinski definition) is 2. The van der Waals surface area contributed by atoms with Crippen molar-refractivity contribution >= 4 is 0 Å². The van der Waals surface area contributed by atoms with Gasteiger partial charge in [0.25, 0.3) is 0 Å². The van der Waals surface area contributed by atoms with Crippen molar-refractivity contribution in [3.05, 3.63) is 0 Å². The summed E-state index contributed by atoms with van der Waals surface area (Å²) in [5, 5.41) is 3.57. The molecule has 0 saturated heterocycles. The standard InChI is InChI=1S/C11H23NO/c1-4-12-11(8-9(2)13-3)10-6-5-7-10/h9-12H,4-8H2,1-3H3. The summed E-state index contributed by atoms with van der Waals surface area (Å²) >= 11 is 0. The fraction of sp³-hybridized carbons (Fsp3) is 1.00. The minimum atomic E-state index is 0.393. The van der Waals surface area contributed by atoms with Crippen molar-refractivity contribution in [2.45, 2.75) is 51.7 Å². The molecular weight excluding hydrogens is 162 g/mol. The molecule has 2 atom stereocenters. The van der Waals surface area contributed by atoms with Crippen LogP contribution >= 0.6 is 0 Å². The van der Waals surface area contributed by atoms with Crippen molar-refractivity contribution in [2.75, 3.05) is 13.7 Å². The van der Waals surface area contributed by atoms with E-state index in [9.17, 15) is 0 Å².